The second kappa shape index (κ2) is 8.38. The third-order valence-electron chi connectivity index (χ3n) is 5.26. The number of hydrogen-bond acceptors (Lipinski definition) is 3. The normalized spacial score (nSPS) is 11.8. The number of halogens is 3. The maximum atomic E-state index is 13.6. The van der Waals surface area contributed by atoms with Gasteiger partial charge < -0.3 is 5.32 Å². The highest BCUT2D eigenvalue weighted by molar-refractivity contribution is 5.95. The molecule has 4 aromatic rings. The van der Waals surface area contributed by atoms with Gasteiger partial charge in [0.2, 0.25) is 0 Å². The molecule has 158 valence electrons. The maximum Gasteiger partial charge on any atom is 0.416 e. The molecular weight excluding hydrogens is 399 g/mol. The van der Waals surface area contributed by atoms with Gasteiger partial charge in [0.1, 0.15) is 5.82 Å². The van der Waals surface area contributed by atoms with Crippen LogP contribution in [-0.2, 0) is 12.6 Å². The van der Waals surface area contributed by atoms with E-state index in [4.69, 9.17) is 0 Å². The van der Waals surface area contributed by atoms with Gasteiger partial charge in [0.05, 0.1) is 5.56 Å². The topological polar surface area (TPSA) is 37.8 Å². The van der Waals surface area contributed by atoms with Crippen LogP contribution < -0.4 is 5.32 Å². The number of anilines is 2. The Morgan fingerprint density at radius 1 is 0.935 bits per heavy atom. The predicted molar refractivity (Wildman–Crippen MR) is 118 cm³/mol. The molecule has 1 N–H and O–H groups in total. The van der Waals surface area contributed by atoms with E-state index in [1.165, 1.54) is 6.07 Å². The second-order valence-electron chi connectivity index (χ2n) is 7.79. The van der Waals surface area contributed by atoms with Crippen LogP contribution in [0.5, 0.6) is 0 Å². The smallest absolute Gasteiger partial charge is 0.340 e. The summed E-state index contributed by atoms with van der Waals surface area (Å²) < 4.78 is 40.8. The van der Waals surface area contributed by atoms with Gasteiger partial charge >= 0.3 is 6.18 Å². The van der Waals surface area contributed by atoms with Gasteiger partial charge in [-0.25, -0.2) is 4.98 Å². The number of alkyl halides is 3. The molecule has 0 aliphatic carbocycles. The van der Waals surface area contributed by atoms with Crippen LogP contribution in [0.2, 0.25) is 0 Å². The van der Waals surface area contributed by atoms with Gasteiger partial charge in [0.15, 0.2) is 0 Å². The molecule has 0 fully saturated rings. The molecule has 0 radical (unpaired) electrons. The van der Waals surface area contributed by atoms with Crippen LogP contribution in [0, 0.1) is 0 Å². The van der Waals surface area contributed by atoms with Gasteiger partial charge in [-0.15, -0.1) is 0 Å². The molecule has 31 heavy (non-hydrogen) atoms. The van der Waals surface area contributed by atoms with Gasteiger partial charge in [-0.05, 0) is 58.7 Å². The molecule has 2 aromatic heterocycles. The Kier molecular flexibility index (Phi) is 5.63. The van der Waals surface area contributed by atoms with E-state index in [9.17, 15) is 13.2 Å². The summed E-state index contributed by atoms with van der Waals surface area (Å²) in [5.74, 6) is 0.302. The first-order valence-corrected chi connectivity index (χ1v) is 10.1. The van der Waals surface area contributed by atoms with E-state index in [1.807, 2.05) is 36.4 Å². The van der Waals surface area contributed by atoms with Crippen molar-refractivity contribution in [3.63, 3.8) is 0 Å². The molecule has 3 nitrogen and oxygen atoms in total. The standard InChI is InChI=1S/C25H22F3N3/c1-16(2)20-8-7-19(14-23(20)25(26,27)28)31-24-22-6-4-3-5-21(22)18(15-30-24)13-17-9-11-29-12-10-17/h3-12,14-16H,13H2,1-2H3,(H,30,31). The number of rotatable bonds is 5. The van der Waals surface area contributed by atoms with Crippen molar-refractivity contribution in [3.8, 4) is 0 Å². The number of pyridine rings is 2. The van der Waals surface area contributed by atoms with Crippen molar-refractivity contribution in [2.45, 2.75) is 32.4 Å². The van der Waals surface area contributed by atoms with Gasteiger partial charge in [0.25, 0.3) is 0 Å². The first-order chi connectivity index (χ1) is 14.8. The SMILES string of the molecule is CC(C)c1ccc(Nc2ncc(Cc3ccncc3)c3ccccc23)cc1C(F)(F)F. The molecule has 0 bridgehead atoms. The monoisotopic (exact) mass is 421 g/mol. The fourth-order valence-corrected chi connectivity index (χ4v) is 3.73. The lowest BCUT2D eigenvalue weighted by atomic mass is 9.96. The lowest BCUT2D eigenvalue weighted by Gasteiger charge is -2.18. The predicted octanol–water partition coefficient (Wildman–Crippen LogP) is 7.11. The van der Waals surface area contributed by atoms with Crippen LogP contribution in [0.25, 0.3) is 10.8 Å². The van der Waals surface area contributed by atoms with Crippen LogP contribution in [-0.4, -0.2) is 9.97 Å². The van der Waals surface area contributed by atoms with E-state index in [2.05, 4.69) is 15.3 Å². The summed E-state index contributed by atoms with van der Waals surface area (Å²) in [4.78, 5) is 8.59. The molecule has 0 aliphatic heterocycles. The molecule has 2 aromatic carbocycles. The van der Waals surface area contributed by atoms with Crippen molar-refractivity contribution in [1.29, 1.82) is 0 Å². The zero-order valence-electron chi connectivity index (χ0n) is 17.2. The van der Waals surface area contributed by atoms with Crippen LogP contribution in [0.1, 0.15) is 42.0 Å². The summed E-state index contributed by atoms with van der Waals surface area (Å²) in [5, 5.41) is 4.96. The summed E-state index contributed by atoms with van der Waals surface area (Å²) in [6, 6.07) is 16.1. The van der Waals surface area contributed by atoms with Crippen molar-refractivity contribution in [2.24, 2.45) is 0 Å². The molecular formula is C25H22F3N3. The fourth-order valence-electron chi connectivity index (χ4n) is 3.73. The highest BCUT2D eigenvalue weighted by atomic mass is 19.4. The van der Waals surface area contributed by atoms with E-state index in [0.717, 1.165) is 28.0 Å². The number of nitrogens with zero attached hydrogens (tertiary/aromatic N) is 2. The Bertz CT molecular complexity index is 1200. The Hall–Kier alpha value is -3.41. The van der Waals surface area contributed by atoms with Crippen LogP contribution in [0.4, 0.5) is 24.7 Å². The van der Waals surface area contributed by atoms with Crippen molar-refractivity contribution in [1.82, 2.24) is 9.97 Å². The first kappa shape index (κ1) is 20.8. The fraction of sp³-hybridized carbons (Fsp3) is 0.200. The van der Waals surface area contributed by atoms with Crippen molar-refractivity contribution < 1.29 is 13.2 Å². The quantitative estimate of drug-likeness (QED) is 0.373. The average molecular weight is 421 g/mol. The maximum absolute atomic E-state index is 13.6. The lowest BCUT2D eigenvalue weighted by molar-refractivity contribution is -0.138. The largest absolute Gasteiger partial charge is 0.416 e. The molecule has 2 heterocycles. The summed E-state index contributed by atoms with van der Waals surface area (Å²) in [5.41, 5.74) is 2.17. The minimum atomic E-state index is -4.42. The third kappa shape index (κ3) is 4.53. The molecule has 0 unspecified atom stereocenters. The number of nitrogens with one attached hydrogen (secondary N) is 1. The summed E-state index contributed by atoms with van der Waals surface area (Å²) in [7, 11) is 0. The van der Waals surface area contributed by atoms with Gasteiger partial charge in [-0.1, -0.05) is 44.2 Å². The number of fused-ring (bicyclic) bond motifs is 1. The summed E-state index contributed by atoms with van der Waals surface area (Å²) >= 11 is 0. The van der Waals surface area contributed by atoms with E-state index in [-0.39, 0.29) is 11.5 Å². The molecule has 0 saturated heterocycles. The number of aromatic nitrogens is 2. The zero-order valence-corrected chi connectivity index (χ0v) is 17.2. The molecule has 6 heteroatoms. The molecule has 0 aliphatic rings. The van der Waals surface area contributed by atoms with Crippen LogP contribution in [0.3, 0.4) is 0 Å². The molecule has 4 rings (SSSR count). The Balaban J connectivity index is 1.72. The highest BCUT2D eigenvalue weighted by Gasteiger charge is 2.34. The first-order valence-electron chi connectivity index (χ1n) is 10.1. The minimum absolute atomic E-state index is 0.225. The summed E-state index contributed by atoms with van der Waals surface area (Å²) in [6.07, 6.45) is 1.55. The third-order valence-corrected chi connectivity index (χ3v) is 5.26. The lowest BCUT2D eigenvalue weighted by Crippen LogP contribution is -2.11. The van der Waals surface area contributed by atoms with Gasteiger partial charge in [0, 0.05) is 29.7 Å². The van der Waals surface area contributed by atoms with Crippen LogP contribution in [0.15, 0.2) is 73.2 Å². The second-order valence-corrected chi connectivity index (χ2v) is 7.79. The van der Waals surface area contributed by atoms with Crippen molar-refractivity contribution in [2.75, 3.05) is 5.32 Å². The molecule has 0 spiro atoms. The van der Waals surface area contributed by atoms with E-state index in [0.29, 0.717) is 17.9 Å². The van der Waals surface area contributed by atoms with E-state index < -0.39 is 11.7 Å². The van der Waals surface area contributed by atoms with Crippen LogP contribution >= 0.6 is 0 Å². The van der Waals surface area contributed by atoms with Crippen molar-refractivity contribution in [3.05, 3.63) is 95.4 Å². The van der Waals surface area contributed by atoms with E-state index >= 15 is 0 Å². The van der Waals surface area contributed by atoms with Gasteiger partial charge in [-0.2, -0.15) is 13.2 Å². The minimum Gasteiger partial charge on any atom is -0.340 e. The highest BCUT2D eigenvalue weighted by Crippen LogP contribution is 2.38. The number of hydrogen-bond donors (Lipinski definition) is 1. The van der Waals surface area contributed by atoms with E-state index in [1.54, 1.807) is 38.5 Å². The zero-order chi connectivity index (χ0) is 22.0. The average Bonchev–Trinajstić information content (AvgIpc) is 2.75. The molecule has 0 amide bonds. The Labute approximate surface area is 179 Å². The summed E-state index contributed by atoms with van der Waals surface area (Å²) in [6.45, 7) is 3.52. The van der Waals surface area contributed by atoms with Crippen molar-refractivity contribution >= 4 is 22.3 Å². The number of benzene rings is 2. The van der Waals surface area contributed by atoms with Gasteiger partial charge in [-0.3, -0.25) is 4.98 Å². The molecule has 0 saturated carbocycles. The molecule has 0 atom stereocenters. The Morgan fingerprint density at radius 2 is 1.65 bits per heavy atom. The Morgan fingerprint density at radius 3 is 2.32 bits per heavy atom.